The quantitative estimate of drug-likeness (QED) is 0.591. The van der Waals surface area contributed by atoms with Crippen LogP contribution in [0.1, 0.15) is 42.0 Å². The number of aromatic nitrogens is 4. The largest absolute Gasteiger partial charge is 0.471 e. The van der Waals surface area contributed by atoms with Crippen molar-refractivity contribution < 1.29 is 13.9 Å². The Morgan fingerprint density at radius 1 is 1.19 bits per heavy atom. The van der Waals surface area contributed by atoms with Crippen LogP contribution in [0.25, 0.3) is 5.69 Å². The number of Topliss-reactive ketones (excluding diaryl/α,β-unsaturated/α-hetero) is 1. The lowest BCUT2D eigenvalue weighted by molar-refractivity contribution is 0.0967. The third-order valence-corrected chi connectivity index (χ3v) is 4.04. The van der Waals surface area contributed by atoms with Gasteiger partial charge in [-0.2, -0.15) is 0 Å². The number of hydrogen-bond donors (Lipinski definition) is 0. The third kappa shape index (κ3) is 4.55. The van der Waals surface area contributed by atoms with Gasteiger partial charge >= 0.3 is 0 Å². The minimum absolute atomic E-state index is 0.0680. The van der Waals surface area contributed by atoms with Gasteiger partial charge in [-0.25, -0.2) is 14.1 Å². The van der Waals surface area contributed by atoms with E-state index in [1.54, 1.807) is 28.9 Å². The molecule has 0 spiro atoms. The smallest absolute Gasteiger partial charge is 0.213 e. The Kier molecular flexibility index (Phi) is 5.59. The Labute approximate surface area is 157 Å². The molecule has 6 nitrogen and oxygen atoms in total. The first-order chi connectivity index (χ1) is 12.9. The Balaban J connectivity index is 1.71. The lowest BCUT2D eigenvalue weighted by Gasteiger charge is -2.09. The van der Waals surface area contributed by atoms with Gasteiger partial charge in [0.25, 0.3) is 0 Å². The van der Waals surface area contributed by atoms with Crippen molar-refractivity contribution in [1.29, 1.82) is 0 Å². The number of rotatable bonds is 7. The molecule has 1 aromatic carbocycles. The van der Waals surface area contributed by atoms with Crippen LogP contribution in [0.4, 0.5) is 4.39 Å². The summed E-state index contributed by atoms with van der Waals surface area (Å²) in [5.41, 5.74) is 2.72. The highest BCUT2D eigenvalue weighted by atomic mass is 19.1. The number of halogens is 1. The maximum Gasteiger partial charge on any atom is 0.213 e. The highest BCUT2D eigenvalue weighted by molar-refractivity contribution is 5.95. The molecule has 2 heterocycles. The number of carbonyl (C=O) groups is 1. The van der Waals surface area contributed by atoms with Crippen LogP contribution in [0.5, 0.6) is 5.88 Å². The Hall–Kier alpha value is -3.09. The van der Waals surface area contributed by atoms with Gasteiger partial charge in [-0.1, -0.05) is 19.1 Å². The number of carbonyl (C=O) groups excluding carboxylic acids is 1. The molecule has 0 fully saturated rings. The van der Waals surface area contributed by atoms with Gasteiger partial charge in [0.05, 0.1) is 11.4 Å². The molecule has 0 atom stereocenters. The zero-order chi connectivity index (χ0) is 19.4. The summed E-state index contributed by atoms with van der Waals surface area (Å²) in [6.07, 6.45) is 2.02. The van der Waals surface area contributed by atoms with Crippen LogP contribution in [-0.4, -0.2) is 25.8 Å². The number of aryl methyl sites for hydroxylation is 1. The SMILES string of the molecule is Cc1nnn(-c2ccc(F)cc2)c1COc1ccc(C(=O)CC(C)C)cn1. The van der Waals surface area contributed by atoms with E-state index in [2.05, 4.69) is 15.3 Å². The molecule has 0 unspecified atom stereocenters. The van der Waals surface area contributed by atoms with Gasteiger partial charge in [-0.3, -0.25) is 4.79 Å². The van der Waals surface area contributed by atoms with Crippen molar-refractivity contribution in [1.82, 2.24) is 20.0 Å². The monoisotopic (exact) mass is 368 g/mol. The number of nitrogens with zero attached hydrogens (tertiary/aromatic N) is 4. The summed E-state index contributed by atoms with van der Waals surface area (Å²) >= 11 is 0. The molecule has 0 N–H and O–H groups in total. The summed E-state index contributed by atoms with van der Waals surface area (Å²) in [6.45, 7) is 6.03. The molecule has 0 saturated heterocycles. The maximum atomic E-state index is 13.1. The molecule has 2 aromatic heterocycles. The number of ether oxygens (including phenoxy) is 1. The molecule has 140 valence electrons. The van der Waals surface area contributed by atoms with E-state index in [1.807, 2.05) is 20.8 Å². The standard InChI is InChI=1S/C20H21FN4O2/c1-13(2)10-19(26)15-4-9-20(22-11-15)27-12-18-14(3)23-24-25(18)17-7-5-16(21)6-8-17/h4-9,11,13H,10,12H2,1-3H3. The van der Waals surface area contributed by atoms with Crippen LogP contribution >= 0.6 is 0 Å². The summed E-state index contributed by atoms with van der Waals surface area (Å²) in [7, 11) is 0. The van der Waals surface area contributed by atoms with Crippen molar-refractivity contribution in [3.05, 3.63) is 65.4 Å². The van der Waals surface area contributed by atoms with Gasteiger partial charge in [-0.05, 0) is 43.2 Å². The second-order valence-corrected chi connectivity index (χ2v) is 6.70. The van der Waals surface area contributed by atoms with E-state index in [9.17, 15) is 9.18 Å². The first-order valence-corrected chi connectivity index (χ1v) is 8.73. The van der Waals surface area contributed by atoms with Crippen LogP contribution in [0.2, 0.25) is 0 Å². The van der Waals surface area contributed by atoms with Gasteiger partial charge in [0.15, 0.2) is 5.78 Å². The predicted octanol–water partition coefficient (Wildman–Crippen LogP) is 3.92. The molecule has 0 saturated carbocycles. The summed E-state index contributed by atoms with van der Waals surface area (Å²) in [4.78, 5) is 16.3. The average Bonchev–Trinajstić information content (AvgIpc) is 3.01. The van der Waals surface area contributed by atoms with Crippen molar-refractivity contribution in [3.63, 3.8) is 0 Å². The van der Waals surface area contributed by atoms with Crippen LogP contribution in [0.15, 0.2) is 42.6 Å². The van der Waals surface area contributed by atoms with Gasteiger partial charge in [0.1, 0.15) is 18.1 Å². The predicted molar refractivity (Wildman–Crippen MR) is 98.4 cm³/mol. The van der Waals surface area contributed by atoms with Crippen molar-refractivity contribution >= 4 is 5.78 Å². The third-order valence-electron chi connectivity index (χ3n) is 4.04. The fourth-order valence-electron chi connectivity index (χ4n) is 2.59. The summed E-state index contributed by atoms with van der Waals surface area (Å²) in [6, 6.07) is 9.38. The minimum atomic E-state index is -0.315. The van der Waals surface area contributed by atoms with Crippen LogP contribution in [0, 0.1) is 18.7 Å². The minimum Gasteiger partial charge on any atom is -0.471 e. The molecule has 0 aliphatic carbocycles. The summed E-state index contributed by atoms with van der Waals surface area (Å²) in [5, 5.41) is 8.16. The van der Waals surface area contributed by atoms with E-state index < -0.39 is 0 Å². The van der Waals surface area contributed by atoms with Gasteiger partial charge in [-0.15, -0.1) is 5.10 Å². The van der Waals surface area contributed by atoms with E-state index in [4.69, 9.17) is 4.74 Å². The molecule has 0 aliphatic heterocycles. The lowest BCUT2D eigenvalue weighted by Crippen LogP contribution is -2.08. The number of benzene rings is 1. The molecular weight excluding hydrogens is 347 g/mol. The van der Waals surface area contributed by atoms with E-state index in [1.165, 1.54) is 18.3 Å². The molecule has 3 rings (SSSR count). The van der Waals surface area contributed by atoms with Gasteiger partial charge < -0.3 is 4.74 Å². The second-order valence-electron chi connectivity index (χ2n) is 6.70. The average molecular weight is 368 g/mol. The zero-order valence-corrected chi connectivity index (χ0v) is 15.5. The Morgan fingerprint density at radius 2 is 1.93 bits per heavy atom. The van der Waals surface area contributed by atoms with Crippen LogP contribution in [-0.2, 0) is 6.61 Å². The lowest BCUT2D eigenvalue weighted by atomic mass is 10.0. The Bertz CT molecular complexity index is 918. The Morgan fingerprint density at radius 3 is 2.56 bits per heavy atom. The second kappa shape index (κ2) is 8.07. The van der Waals surface area contributed by atoms with Gasteiger partial charge in [0.2, 0.25) is 5.88 Å². The first-order valence-electron chi connectivity index (χ1n) is 8.73. The number of ketones is 1. The van der Waals surface area contributed by atoms with E-state index in [-0.39, 0.29) is 18.2 Å². The highest BCUT2D eigenvalue weighted by Gasteiger charge is 2.13. The molecular formula is C20H21FN4O2. The molecule has 27 heavy (non-hydrogen) atoms. The highest BCUT2D eigenvalue weighted by Crippen LogP contribution is 2.17. The normalized spacial score (nSPS) is 11.0. The summed E-state index contributed by atoms with van der Waals surface area (Å²) in [5.74, 6) is 0.459. The van der Waals surface area contributed by atoms with Gasteiger partial charge in [0, 0.05) is 24.2 Å². The zero-order valence-electron chi connectivity index (χ0n) is 15.5. The van der Waals surface area contributed by atoms with Crippen LogP contribution < -0.4 is 4.74 Å². The molecule has 7 heteroatoms. The fourth-order valence-corrected chi connectivity index (χ4v) is 2.59. The van der Waals surface area contributed by atoms with E-state index in [0.29, 0.717) is 35.2 Å². The number of hydrogen-bond acceptors (Lipinski definition) is 5. The van der Waals surface area contributed by atoms with E-state index in [0.717, 1.165) is 5.69 Å². The number of pyridine rings is 1. The first kappa shape index (κ1) is 18.7. The fraction of sp³-hybridized carbons (Fsp3) is 0.300. The topological polar surface area (TPSA) is 69.9 Å². The van der Waals surface area contributed by atoms with Crippen molar-refractivity contribution in [2.24, 2.45) is 5.92 Å². The summed E-state index contributed by atoms with van der Waals surface area (Å²) < 4.78 is 20.5. The van der Waals surface area contributed by atoms with Crippen molar-refractivity contribution in [2.45, 2.75) is 33.8 Å². The molecule has 0 radical (unpaired) electrons. The van der Waals surface area contributed by atoms with Crippen molar-refractivity contribution in [3.8, 4) is 11.6 Å². The molecule has 0 amide bonds. The molecule has 0 aliphatic rings. The molecule has 0 bridgehead atoms. The van der Waals surface area contributed by atoms with E-state index >= 15 is 0 Å². The van der Waals surface area contributed by atoms with Crippen molar-refractivity contribution in [2.75, 3.05) is 0 Å². The molecule has 3 aromatic rings. The van der Waals surface area contributed by atoms with Crippen LogP contribution in [0.3, 0.4) is 0 Å². The maximum absolute atomic E-state index is 13.1.